The molecule has 0 heterocycles. The molecule has 1 aliphatic rings. The smallest absolute Gasteiger partial charge is 0.407 e. The van der Waals surface area contributed by atoms with Gasteiger partial charge in [-0.15, -0.1) is 0 Å². The van der Waals surface area contributed by atoms with Crippen LogP contribution in [0.1, 0.15) is 47.0 Å². The summed E-state index contributed by atoms with van der Waals surface area (Å²) < 4.78 is 5.17. The maximum atomic E-state index is 11.6. The Morgan fingerprint density at radius 1 is 1.50 bits per heavy atom. The van der Waals surface area contributed by atoms with Gasteiger partial charge < -0.3 is 14.8 Å². The van der Waals surface area contributed by atoms with E-state index in [1.165, 1.54) is 0 Å². The Balaban J connectivity index is 2.54. The van der Waals surface area contributed by atoms with Crippen LogP contribution in [0.2, 0.25) is 0 Å². The van der Waals surface area contributed by atoms with Crippen molar-refractivity contribution in [3.63, 3.8) is 0 Å². The van der Waals surface area contributed by atoms with Gasteiger partial charge in [0.2, 0.25) is 0 Å². The summed E-state index contributed by atoms with van der Waals surface area (Å²) in [6.07, 6.45) is 3.15. The van der Waals surface area contributed by atoms with Gasteiger partial charge in [-0.3, -0.25) is 0 Å². The minimum atomic E-state index is -0.500. The maximum Gasteiger partial charge on any atom is 0.407 e. The molecule has 1 saturated carbocycles. The van der Waals surface area contributed by atoms with Gasteiger partial charge in [0.05, 0.1) is 0 Å². The summed E-state index contributed by atoms with van der Waals surface area (Å²) in [5.74, 6) is 0. The molecule has 1 amide bonds. The van der Waals surface area contributed by atoms with Crippen LogP contribution in [0.15, 0.2) is 0 Å². The molecule has 1 rings (SSSR count). The van der Waals surface area contributed by atoms with E-state index in [1.807, 2.05) is 27.7 Å². The van der Waals surface area contributed by atoms with Crippen LogP contribution in [-0.4, -0.2) is 24.0 Å². The number of nitrogens with one attached hydrogen (secondary N) is 1. The SMILES string of the molecule is CC(C)(C)OC(=O)N[C@@H]1CCC[C@@]1(C)C=O. The first-order valence-electron chi connectivity index (χ1n) is 5.73. The highest BCUT2D eigenvalue weighted by molar-refractivity contribution is 5.70. The fraction of sp³-hybridized carbons (Fsp3) is 0.833. The fourth-order valence-electron chi connectivity index (χ4n) is 2.02. The van der Waals surface area contributed by atoms with E-state index < -0.39 is 17.1 Å². The molecule has 0 aromatic rings. The largest absolute Gasteiger partial charge is 0.444 e. The zero-order valence-electron chi connectivity index (χ0n) is 10.5. The van der Waals surface area contributed by atoms with E-state index in [0.717, 1.165) is 25.5 Å². The van der Waals surface area contributed by atoms with Gasteiger partial charge in [0.25, 0.3) is 0 Å². The normalized spacial score (nSPS) is 29.9. The lowest BCUT2D eigenvalue weighted by Gasteiger charge is -2.28. The van der Waals surface area contributed by atoms with Gasteiger partial charge in [-0.1, -0.05) is 13.3 Å². The minimum absolute atomic E-state index is 0.0974. The Kier molecular flexibility index (Phi) is 3.61. The number of rotatable bonds is 2. The van der Waals surface area contributed by atoms with Crippen molar-refractivity contribution in [2.45, 2.75) is 58.6 Å². The third kappa shape index (κ3) is 3.22. The summed E-state index contributed by atoms with van der Waals surface area (Å²) in [5.41, 5.74) is -0.933. The Morgan fingerprint density at radius 3 is 2.62 bits per heavy atom. The van der Waals surface area contributed by atoms with Gasteiger partial charge in [0, 0.05) is 11.5 Å². The van der Waals surface area contributed by atoms with Crippen LogP contribution in [0.4, 0.5) is 4.79 Å². The highest BCUT2D eigenvalue weighted by atomic mass is 16.6. The Morgan fingerprint density at radius 2 is 2.12 bits per heavy atom. The van der Waals surface area contributed by atoms with Crippen molar-refractivity contribution in [3.05, 3.63) is 0 Å². The van der Waals surface area contributed by atoms with Crippen LogP contribution in [-0.2, 0) is 9.53 Å². The molecule has 1 fully saturated rings. The molecule has 0 aliphatic heterocycles. The monoisotopic (exact) mass is 227 g/mol. The van der Waals surface area contributed by atoms with Crippen molar-refractivity contribution < 1.29 is 14.3 Å². The zero-order chi connectivity index (χ0) is 12.4. The minimum Gasteiger partial charge on any atom is -0.444 e. The maximum absolute atomic E-state index is 11.6. The van der Waals surface area contributed by atoms with E-state index in [0.29, 0.717) is 0 Å². The van der Waals surface area contributed by atoms with E-state index in [9.17, 15) is 9.59 Å². The summed E-state index contributed by atoms with van der Waals surface area (Å²) in [6, 6.07) is -0.0974. The van der Waals surface area contributed by atoms with Crippen molar-refractivity contribution in [1.82, 2.24) is 5.32 Å². The van der Waals surface area contributed by atoms with E-state index >= 15 is 0 Å². The third-order valence-corrected chi connectivity index (χ3v) is 2.96. The lowest BCUT2D eigenvalue weighted by molar-refractivity contribution is -0.116. The quantitative estimate of drug-likeness (QED) is 0.736. The molecule has 0 saturated heterocycles. The molecule has 4 nitrogen and oxygen atoms in total. The number of carbonyl (C=O) groups is 2. The average molecular weight is 227 g/mol. The van der Waals surface area contributed by atoms with Gasteiger partial charge in [0.1, 0.15) is 11.9 Å². The van der Waals surface area contributed by atoms with Crippen molar-refractivity contribution in [3.8, 4) is 0 Å². The standard InChI is InChI=1S/C12H21NO3/c1-11(2,3)16-10(15)13-9-6-5-7-12(9,4)8-14/h8-9H,5-7H2,1-4H3,(H,13,15)/t9-,12+/m1/s1. The highest BCUT2D eigenvalue weighted by Crippen LogP contribution is 2.36. The van der Waals surface area contributed by atoms with E-state index in [-0.39, 0.29) is 6.04 Å². The summed E-state index contributed by atoms with van der Waals surface area (Å²) in [6.45, 7) is 7.34. The van der Waals surface area contributed by atoms with Gasteiger partial charge in [-0.2, -0.15) is 0 Å². The van der Waals surface area contributed by atoms with E-state index in [1.54, 1.807) is 0 Å². The zero-order valence-corrected chi connectivity index (χ0v) is 10.5. The van der Waals surface area contributed by atoms with Gasteiger partial charge in [0.15, 0.2) is 0 Å². The summed E-state index contributed by atoms with van der Waals surface area (Å²) >= 11 is 0. The van der Waals surface area contributed by atoms with Crippen LogP contribution in [0.25, 0.3) is 0 Å². The van der Waals surface area contributed by atoms with Crippen molar-refractivity contribution in [2.75, 3.05) is 0 Å². The Labute approximate surface area is 96.7 Å². The van der Waals surface area contributed by atoms with Gasteiger partial charge >= 0.3 is 6.09 Å². The molecule has 1 aliphatic carbocycles. The van der Waals surface area contributed by atoms with Crippen molar-refractivity contribution >= 4 is 12.4 Å². The first-order valence-corrected chi connectivity index (χ1v) is 5.73. The van der Waals surface area contributed by atoms with Gasteiger partial charge in [-0.05, 0) is 33.6 Å². The number of aldehydes is 1. The average Bonchev–Trinajstić information content (AvgIpc) is 2.45. The molecule has 0 bridgehead atoms. The van der Waals surface area contributed by atoms with Crippen LogP contribution in [0.3, 0.4) is 0 Å². The number of alkyl carbamates (subject to hydrolysis) is 1. The molecular formula is C12H21NO3. The van der Waals surface area contributed by atoms with Crippen LogP contribution in [0, 0.1) is 5.41 Å². The summed E-state index contributed by atoms with van der Waals surface area (Å²) in [4.78, 5) is 22.6. The third-order valence-electron chi connectivity index (χ3n) is 2.96. The summed E-state index contributed by atoms with van der Waals surface area (Å²) in [7, 11) is 0. The van der Waals surface area contributed by atoms with Gasteiger partial charge in [-0.25, -0.2) is 4.79 Å². The number of carbonyl (C=O) groups excluding carboxylic acids is 2. The Hall–Kier alpha value is -1.06. The topological polar surface area (TPSA) is 55.4 Å². The molecular weight excluding hydrogens is 206 g/mol. The number of amides is 1. The van der Waals surface area contributed by atoms with Crippen LogP contribution < -0.4 is 5.32 Å². The summed E-state index contributed by atoms with van der Waals surface area (Å²) in [5, 5.41) is 2.78. The number of hydrogen-bond donors (Lipinski definition) is 1. The highest BCUT2D eigenvalue weighted by Gasteiger charge is 2.40. The lowest BCUT2D eigenvalue weighted by atomic mass is 9.87. The Bertz CT molecular complexity index is 282. The van der Waals surface area contributed by atoms with Crippen molar-refractivity contribution in [1.29, 1.82) is 0 Å². The van der Waals surface area contributed by atoms with Crippen molar-refractivity contribution in [2.24, 2.45) is 5.41 Å². The molecule has 0 unspecified atom stereocenters. The first kappa shape index (κ1) is 13.0. The van der Waals surface area contributed by atoms with E-state index in [2.05, 4.69) is 5.32 Å². The van der Waals surface area contributed by atoms with Crippen LogP contribution >= 0.6 is 0 Å². The molecule has 0 radical (unpaired) electrons. The second kappa shape index (κ2) is 4.44. The number of hydrogen-bond acceptors (Lipinski definition) is 3. The molecule has 0 aromatic heterocycles. The first-order chi connectivity index (χ1) is 7.27. The molecule has 0 spiro atoms. The molecule has 2 atom stereocenters. The fourth-order valence-corrected chi connectivity index (χ4v) is 2.02. The second-order valence-corrected chi connectivity index (χ2v) is 5.71. The molecule has 4 heteroatoms. The number of ether oxygens (including phenoxy) is 1. The molecule has 0 aromatic carbocycles. The molecule has 92 valence electrons. The van der Waals surface area contributed by atoms with Crippen LogP contribution in [0.5, 0.6) is 0 Å². The predicted molar refractivity (Wildman–Crippen MR) is 61.2 cm³/mol. The predicted octanol–water partition coefficient (Wildman–Crippen LogP) is 2.27. The van der Waals surface area contributed by atoms with E-state index in [4.69, 9.17) is 4.74 Å². The lowest BCUT2D eigenvalue weighted by Crippen LogP contribution is -2.45. The second-order valence-electron chi connectivity index (χ2n) is 5.71. The molecule has 16 heavy (non-hydrogen) atoms. The molecule has 1 N–H and O–H groups in total.